The maximum absolute atomic E-state index is 6.03. The molecule has 0 aliphatic heterocycles. The number of likely N-dealkylation sites (N-methyl/N-ethyl adjacent to an activating group) is 1. The summed E-state index contributed by atoms with van der Waals surface area (Å²) < 4.78 is 8.10. The summed E-state index contributed by atoms with van der Waals surface area (Å²) in [5, 5.41) is 7.83. The lowest BCUT2D eigenvalue weighted by Crippen LogP contribution is -2.28. The Hall–Kier alpha value is -1.65. The van der Waals surface area contributed by atoms with Crippen molar-refractivity contribution >= 4 is 0 Å². The van der Waals surface area contributed by atoms with Crippen LogP contribution in [0, 0.1) is 0 Å². The van der Waals surface area contributed by atoms with Crippen LogP contribution in [0.1, 0.15) is 43.7 Å². The fourth-order valence-corrected chi connectivity index (χ4v) is 2.67. The lowest BCUT2D eigenvalue weighted by Gasteiger charge is -2.28. The summed E-state index contributed by atoms with van der Waals surface area (Å²) in [6.07, 6.45) is 2.91. The highest BCUT2D eigenvalue weighted by Crippen LogP contribution is 2.31. The van der Waals surface area contributed by atoms with Crippen molar-refractivity contribution in [1.29, 1.82) is 0 Å². The van der Waals surface area contributed by atoms with Gasteiger partial charge in [-0.05, 0) is 32.0 Å². The number of benzene rings is 1. The molecule has 1 heterocycles. The Kier molecular flexibility index (Phi) is 5.96. The van der Waals surface area contributed by atoms with Gasteiger partial charge in [-0.3, -0.25) is 4.68 Å². The minimum Gasteiger partial charge on any atom is -0.372 e. The molecule has 0 saturated carbocycles. The average Bonchev–Trinajstić information content (AvgIpc) is 2.97. The topological polar surface area (TPSA) is 39.1 Å². The number of hydrogen-bond acceptors (Lipinski definition) is 3. The van der Waals surface area contributed by atoms with Gasteiger partial charge in [0.25, 0.3) is 0 Å². The van der Waals surface area contributed by atoms with Crippen molar-refractivity contribution in [3.8, 4) is 0 Å². The molecule has 0 amide bonds. The van der Waals surface area contributed by atoms with Gasteiger partial charge in [0.1, 0.15) is 6.10 Å². The van der Waals surface area contributed by atoms with Crippen molar-refractivity contribution in [1.82, 2.24) is 15.1 Å². The van der Waals surface area contributed by atoms with E-state index in [1.165, 1.54) is 11.3 Å². The van der Waals surface area contributed by atoms with Crippen molar-refractivity contribution in [2.75, 3.05) is 13.7 Å². The van der Waals surface area contributed by atoms with Gasteiger partial charge in [0.15, 0.2) is 0 Å². The quantitative estimate of drug-likeness (QED) is 0.809. The SMILES string of the molecule is CCCn1nccc1C(NC)C(OCC)c1ccccc1. The summed E-state index contributed by atoms with van der Waals surface area (Å²) in [6, 6.07) is 12.5. The van der Waals surface area contributed by atoms with Crippen LogP contribution in [0.15, 0.2) is 42.6 Å². The molecule has 0 bridgehead atoms. The van der Waals surface area contributed by atoms with E-state index in [1.54, 1.807) is 0 Å². The molecule has 4 heteroatoms. The second-order valence-electron chi connectivity index (χ2n) is 5.03. The molecular weight excluding hydrogens is 262 g/mol. The zero-order chi connectivity index (χ0) is 15.1. The molecular formula is C17H25N3O. The minimum atomic E-state index is -0.0199. The van der Waals surface area contributed by atoms with Crippen LogP contribution < -0.4 is 5.32 Å². The Morgan fingerprint density at radius 3 is 2.57 bits per heavy atom. The number of ether oxygens (including phenoxy) is 1. The minimum absolute atomic E-state index is 0.0199. The number of hydrogen-bond donors (Lipinski definition) is 1. The lowest BCUT2D eigenvalue weighted by molar-refractivity contribution is 0.0324. The summed E-state index contributed by atoms with van der Waals surface area (Å²) in [6.45, 7) is 5.80. The van der Waals surface area contributed by atoms with Gasteiger partial charge in [0.05, 0.1) is 11.7 Å². The smallest absolute Gasteiger partial charge is 0.103 e. The highest BCUT2D eigenvalue weighted by atomic mass is 16.5. The monoisotopic (exact) mass is 287 g/mol. The van der Waals surface area contributed by atoms with E-state index >= 15 is 0 Å². The summed E-state index contributed by atoms with van der Waals surface area (Å²) in [5.74, 6) is 0. The number of aromatic nitrogens is 2. The van der Waals surface area contributed by atoms with Crippen LogP contribution in [0.3, 0.4) is 0 Å². The number of rotatable bonds is 8. The Morgan fingerprint density at radius 1 is 1.19 bits per heavy atom. The first kappa shape index (κ1) is 15.7. The molecule has 0 spiro atoms. The molecule has 2 rings (SSSR count). The fraction of sp³-hybridized carbons (Fsp3) is 0.471. The molecule has 2 unspecified atom stereocenters. The van der Waals surface area contributed by atoms with Crippen molar-refractivity contribution < 1.29 is 4.74 Å². The van der Waals surface area contributed by atoms with Gasteiger partial charge < -0.3 is 10.1 Å². The molecule has 0 fully saturated rings. The molecule has 0 aliphatic carbocycles. The first-order chi connectivity index (χ1) is 10.3. The van der Waals surface area contributed by atoms with E-state index < -0.39 is 0 Å². The highest BCUT2D eigenvalue weighted by molar-refractivity contribution is 5.22. The van der Waals surface area contributed by atoms with Crippen LogP contribution in [-0.2, 0) is 11.3 Å². The average molecular weight is 287 g/mol. The second-order valence-corrected chi connectivity index (χ2v) is 5.03. The maximum Gasteiger partial charge on any atom is 0.103 e. The zero-order valence-electron chi connectivity index (χ0n) is 13.1. The van der Waals surface area contributed by atoms with Gasteiger partial charge >= 0.3 is 0 Å². The third-order valence-corrected chi connectivity index (χ3v) is 3.59. The van der Waals surface area contributed by atoms with Crippen LogP contribution in [0.2, 0.25) is 0 Å². The van der Waals surface area contributed by atoms with E-state index in [4.69, 9.17) is 4.74 Å². The number of nitrogens with one attached hydrogen (secondary N) is 1. The van der Waals surface area contributed by atoms with Crippen molar-refractivity contribution in [2.45, 2.75) is 39.0 Å². The maximum atomic E-state index is 6.03. The van der Waals surface area contributed by atoms with Gasteiger partial charge in [0, 0.05) is 19.3 Å². The van der Waals surface area contributed by atoms with Crippen LogP contribution in [0.4, 0.5) is 0 Å². The largest absolute Gasteiger partial charge is 0.372 e. The summed E-state index contributed by atoms with van der Waals surface area (Å²) in [7, 11) is 1.98. The first-order valence-corrected chi connectivity index (χ1v) is 7.67. The molecule has 21 heavy (non-hydrogen) atoms. The first-order valence-electron chi connectivity index (χ1n) is 7.67. The molecule has 0 radical (unpaired) electrons. The Labute approximate surface area is 127 Å². The van der Waals surface area contributed by atoms with Crippen LogP contribution in [0.25, 0.3) is 0 Å². The summed E-state index contributed by atoms with van der Waals surface area (Å²) in [4.78, 5) is 0. The van der Waals surface area contributed by atoms with Gasteiger partial charge in [-0.15, -0.1) is 0 Å². The molecule has 0 aliphatic rings. The molecule has 2 atom stereocenters. The lowest BCUT2D eigenvalue weighted by atomic mass is 9.99. The number of aryl methyl sites for hydroxylation is 1. The third-order valence-electron chi connectivity index (χ3n) is 3.59. The van der Waals surface area contributed by atoms with E-state index in [-0.39, 0.29) is 12.1 Å². The van der Waals surface area contributed by atoms with Crippen molar-refractivity contribution in [3.05, 3.63) is 53.9 Å². The molecule has 1 aromatic heterocycles. The standard InChI is InChI=1S/C17H25N3O/c1-4-13-20-15(11-12-19-20)16(18-3)17(21-5-2)14-9-7-6-8-10-14/h6-12,16-18H,4-5,13H2,1-3H3. The van der Waals surface area contributed by atoms with E-state index in [9.17, 15) is 0 Å². The van der Waals surface area contributed by atoms with Crippen LogP contribution in [-0.4, -0.2) is 23.4 Å². The summed E-state index contributed by atoms with van der Waals surface area (Å²) >= 11 is 0. The Morgan fingerprint density at radius 2 is 1.95 bits per heavy atom. The van der Waals surface area contributed by atoms with Crippen LogP contribution in [0.5, 0.6) is 0 Å². The predicted molar refractivity (Wildman–Crippen MR) is 85.1 cm³/mol. The van der Waals surface area contributed by atoms with Gasteiger partial charge in [0.2, 0.25) is 0 Å². The van der Waals surface area contributed by atoms with Crippen molar-refractivity contribution in [3.63, 3.8) is 0 Å². The number of nitrogens with zero attached hydrogens (tertiary/aromatic N) is 2. The third kappa shape index (κ3) is 3.71. The normalized spacial score (nSPS) is 14.0. The Bertz CT molecular complexity index is 524. The predicted octanol–water partition coefficient (Wildman–Crippen LogP) is 3.33. The van der Waals surface area contributed by atoms with E-state index in [0.29, 0.717) is 6.61 Å². The van der Waals surface area contributed by atoms with Gasteiger partial charge in [-0.2, -0.15) is 5.10 Å². The second kappa shape index (κ2) is 7.96. The van der Waals surface area contributed by atoms with E-state index in [2.05, 4.69) is 52.4 Å². The molecule has 0 saturated heterocycles. The molecule has 1 N–H and O–H groups in total. The van der Waals surface area contributed by atoms with E-state index in [1.807, 2.05) is 26.2 Å². The molecule has 1 aromatic carbocycles. The van der Waals surface area contributed by atoms with Gasteiger partial charge in [-0.1, -0.05) is 37.3 Å². The van der Waals surface area contributed by atoms with Crippen LogP contribution >= 0.6 is 0 Å². The highest BCUT2D eigenvalue weighted by Gasteiger charge is 2.26. The molecule has 114 valence electrons. The Balaban J connectivity index is 2.33. The van der Waals surface area contributed by atoms with Crippen molar-refractivity contribution in [2.24, 2.45) is 0 Å². The zero-order valence-corrected chi connectivity index (χ0v) is 13.1. The fourth-order valence-electron chi connectivity index (χ4n) is 2.67. The molecule has 4 nitrogen and oxygen atoms in total. The van der Waals surface area contributed by atoms with E-state index in [0.717, 1.165) is 13.0 Å². The van der Waals surface area contributed by atoms with Gasteiger partial charge in [-0.25, -0.2) is 0 Å². The molecule has 2 aromatic rings. The summed E-state index contributed by atoms with van der Waals surface area (Å²) in [5.41, 5.74) is 2.35.